The van der Waals surface area contributed by atoms with Crippen LogP contribution in [0.15, 0.2) is 18.2 Å². The van der Waals surface area contributed by atoms with Gasteiger partial charge in [-0.2, -0.15) is 18.4 Å². The number of rotatable bonds is 5. The predicted molar refractivity (Wildman–Crippen MR) is 76.5 cm³/mol. The third kappa shape index (κ3) is 3.48. The van der Waals surface area contributed by atoms with Gasteiger partial charge in [0.25, 0.3) is 5.91 Å². The van der Waals surface area contributed by atoms with Crippen LogP contribution in [0.4, 0.5) is 13.2 Å². The van der Waals surface area contributed by atoms with Gasteiger partial charge in [-0.1, -0.05) is 12.1 Å². The summed E-state index contributed by atoms with van der Waals surface area (Å²) in [6, 6.07) is 4.44. The molecule has 0 saturated heterocycles. The number of amides is 1. The SMILES string of the molecule is CC(C)OCCCN1C(=O)c2c(cccc2C(F)(F)F)C1C#N. The van der Waals surface area contributed by atoms with Gasteiger partial charge in [0.1, 0.15) is 6.04 Å². The number of nitrogens with zero attached hydrogens (tertiary/aromatic N) is 2. The van der Waals surface area contributed by atoms with Crippen molar-refractivity contribution in [1.29, 1.82) is 5.26 Å². The minimum atomic E-state index is -4.63. The van der Waals surface area contributed by atoms with Crippen molar-refractivity contribution in [3.05, 3.63) is 34.9 Å². The Kier molecular flexibility index (Phi) is 4.95. The summed E-state index contributed by atoms with van der Waals surface area (Å²) in [6.07, 6.45) is -4.14. The Labute approximate surface area is 132 Å². The Morgan fingerprint density at radius 2 is 2.09 bits per heavy atom. The molecule has 1 aliphatic heterocycles. The average Bonchev–Trinajstić information content (AvgIpc) is 2.74. The number of alkyl halides is 3. The van der Waals surface area contributed by atoms with Crippen LogP contribution >= 0.6 is 0 Å². The molecule has 0 N–H and O–H groups in total. The monoisotopic (exact) mass is 326 g/mol. The molecule has 0 aromatic heterocycles. The van der Waals surface area contributed by atoms with Crippen LogP contribution in [0.2, 0.25) is 0 Å². The summed E-state index contributed by atoms with van der Waals surface area (Å²) in [5.41, 5.74) is -1.27. The van der Waals surface area contributed by atoms with Gasteiger partial charge in [-0.25, -0.2) is 0 Å². The first-order chi connectivity index (χ1) is 10.8. The van der Waals surface area contributed by atoms with Crippen molar-refractivity contribution in [2.24, 2.45) is 0 Å². The zero-order chi connectivity index (χ0) is 17.2. The highest BCUT2D eigenvalue weighted by Crippen LogP contribution is 2.41. The molecule has 4 nitrogen and oxygen atoms in total. The standard InChI is InChI=1S/C16H17F3N2O2/c1-10(2)23-8-4-7-21-13(9-20)11-5-3-6-12(16(17,18)19)14(11)15(21)22/h3,5-6,10,13H,4,7-8H2,1-2H3. The first-order valence-electron chi connectivity index (χ1n) is 7.29. The smallest absolute Gasteiger partial charge is 0.379 e. The van der Waals surface area contributed by atoms with E-state index < -0.39 is 29.3 Å². The first-order valence-corrected chi connectivity index (χ1v) is 7.29. The van der Waals surface area contributed by atoms with Crippen LogP contribution in [0, 0.1) is 11.3 Å². The summed E-state index contributed by atoms with van der Waals surface area (Å²) < 4.78 is 44.6. The van der Waals surface area contributed by atoms with Crippen LogP contribution in [-0.2, 0) is 10.9 Å². The largest absolute Gasteiger partial charge is 0.417 e. The van der Waals surface area contributed by atoms with Crippen molar-refractivity contribution in [2.75, 3.05) is 13.2 Å². The summed E-state index contributed by atoms with van der Waals surface area (Å²) in [7, 11) is 0. The second-order valence-electron chi connectivity index (χ2n) is 5.57. The van der Waals surface area contributed by atoms with Gasteiger partial charge in [-0.05, 0) is 26.3 Å². The van der Waals surface area contributed by atoms with Crippen molar-refractivity contribution in [1.82, 2.24) is 4.90 Å². The summed E-state index contributed by atoms with van der Waals surface area (Å²) in [4.78, 5) is 13.6. The van der Waals surface area contributed by atoms with E-state index in [2.05, 4.69) is 0 Å². The molecule has 23 heavy (non-hydrogen) atoms. The number of hydrogen-bond donors (Lipinski definition) is 0. The highest BCUT2D eigenvalue weighted by molar-refractivity contribution is 6.01. The third-order valence-corrected chi connectivity index (χ3v) is 3.60. The van der Waals surface area contributed by atoms with E-state index in [0.29, 0.717) is 13.0 Å². The zero-order valence-corrected chi connectivity index (χ0v) is 12.9. The van der Waals surface area contributed by atoms with Gasteiger partial charge >= 0.3 is 6.18 Å². The van der Waals surface area contributed by atoms with E-state index in [4.69, 9.17) is 4.74 Å². The van der Waals surface area contributed by atoms with E-state index in [1.807, 2.05) is 19.9 Å². The molecule has 7 heteroatoms. The quantitative estimate of drug-likeness (QED) is 0.778. The topological polar surface area (TPSA) is 53.3 Å². The molecule has 0 bridgehead atoms. The van der Waals surface area contributed by atoms with Gasteiger partial charge in [0.2, 0.25) is 0 Å². The van der Waals surface area contributed by atoms with Crippen LogP contribution in [0.5, 0.6) is 0 Å². The minimum absolute atomic E-state index is 0.0325. The molecule has 0 radical (unpaired) electrons. The van der Waals surface area contributed by atoms with Gasteiger partial charge in [0.05, 0.1) is 23.3 Å². The molecule has 0 saturated carbocycles. The molecule has 1 aromatic carbocycles. The van der Waals surface area contributed by atoms with Crippen molar-refractivity contribution < 1.29 is 22.7 Å². The Bertz CT molecular complexity index is 635. The summed E-state index contributed by atoms with van der Waals surface area (Å²) in [6.45, 7) is 4.28. The Hall–Kier alpha value is -2.07. The molecule has 1 aliphatic rings. The van der Waals surface area contributed by atoms with E-state index in [1.165, 1.54) is 17.0 Å². The molecular formula is C16H17F3N2O2. The minimum Gasteiger partial charge on any atom is -0.379 e. The van der Waals surface area contributed by atoms with Gasteiger partial charge in [0.15, 0.2) is 0 Å². The number of carbonyl (C=O) groups excluding carboxylic acids is 1. The van der Waals surface area contributed by atoms with Crippen LogP contribution in [0.1, 0.15) is 47.8 Å². The number of ether oxygens (including phenoxy) is 1. The molecular weight excluding hydrogens is 309 g/mol. The van der Waals surface area contributed by atoms with Crippen molar-refractivity contribution in [3.8, 4) is 6.07 Å². The van der Waals surface area contributed by atoms with Crippen LogP contribution < -0.4 is 0 Å². The fourth-order valence-electron chi connectivity index (χ4n) is 2.63. The molecule has 0 spiro atoms. The van der Waals surface area contributed by atoms with Crippen molar-refractivity contribution in [2.45, 2.75) is 38.6 Å². The molecule has 1 heterocycles. The number of nitriles is 1. The summed E-state index contributed by atoms with van der Waals surface area (Å²) >= 11 is 0. The van der Waals surface area contributed by atoms with Crippen LogP contribution in [0.25, 0.3) is 0 Å². The Balaban J connectivity index is 2.25. The zero-order valence-electron chi connectivity index (χ0n) is 12.9. The van der Waals surface area contributed by atoms with Gasteiger partial charge < -0.3 is 9.64 Å². The number of fused-ring (bicyclic) bond motifs is 1. The molecule has 124 valence electrons. The van der Waals surface area contributed by atoms with Crippen molar-refractivity contribution >= 4 is 5.91 Å². The van der Waals surface area contributed by atoms with Gasteiger partial charge in [0, 0.05) is 18.7 Å². The molecule has 0 fully saturated rings. The van der Waals surface area contributed by atoms with E-state index in [1.54, 1.807) is 0 Å². The third-order valence-electron chi connectivity index (χ3n) is 3.60. The first kappa shape index (κ1) is 17.3. The average molecular weight is 326 g/mol. The fourth-order valence-corrected chi connectivity index (χ4v) is 2.63. The highest BCUT2D eigenvalue weighted by Gasteiger charge is 2.44. The van der Waals surface area contributed by atoms with Gasteiger partial charge in [-0.3, -0.25) is 4.79 Å². The van der Waals surface area contributed by atoms with E-state index >= 15 is 0 Å². The molecule has 0 aliphatic carbocycles. The maximum Gasteiger partial charge on any atom is 0.417 e. The van der Waals surface area contributed by atoms with E-state index in [0.717, 1.165) is 6.07 Å². The van der Waals surface area contributed by atoms with Crippen molar-refractivity contribution in [3.63, 3.8) is 0 Å². The lowest BCUT2D eigenvalue weighted by Crippen LogP contribution is -2.30. The Morgan fingerprint density at radius 3 is 2.65 bits per heavy atom. The number of halogens is 3. The molecule has 1 aromatic rings. The van der Waals surface area contributed by atoms with Crippen LogP contribution in [0.3, 0.4) is 0 Å². The lowest BCUT2D eigenvalue weighted by Gasteiger charge is -2.20. The molecule has 2 rings (SSSR count). The highest BCUT2D eigenvalue weighted by atomic mass is 19.4. The molecule has 1 unspecified atom stereocenters. The van der Waals surface area contributed by atoms with E-state index in [-0.39, 0.29) is 18.2 Å². The maximum atomic E-state index is 13.1. The lowest BCUT2D eigenvalue weighted by atomic mass is 10.00. The fraction of sp³-hybridized carbons (Fsp3) is 0.500. The number of carbonyl (C=O) groups is 1. The lowest BCUT2D eigenvalue weighted by molar-refractivity contribution is -0.137. The Morgan fingerprint density at radius 1 is 1.39 bits per heavy atom. The normalized spacial score (nSPS) is 17.5. The number of hydrogen-bond acceptors (Lipinski definition) is 3. The number of benzene rings is 1. The molecule has 1 atom stereocenters. The summed E-state index contributed by atoms with van der Waals surface area (Å²) in [5.74, 6) is -0.746. The molecule has 1 amide bonds. The second kappa shape index (κ2) is 6.59. The van der Waals surface area contributed by atoms with Gasteiger partial charge in [-0.15, -0.1) is 0 Å². The van der Waals surface area contributed by atoms with E-state index in [9.17, 15) is 23.2 Å². The van der Waals surface area contributed by atoms with Crippen LogP contribution in [-0.4, -0.2) is 30.1 Å². The second-order valence-corrected chi connectivity index (χ2v) is 5.57. The predicted octanol–water partition coefficient (Wildman–Crippen LogP) is 3.54. The summed E-state index contributed by atoms with van der Waals surface area (Å²) in [5, 5.41) is 9.28. The maximum absolute atomic E-state index is 13.1.